The van der Waals surface area contributed by atoms with Crippen molar-refractivity contribution in [1.29, 1.82) is 0 Å². The van der Waals surface area contributed by atoms with Gasteiger partial charge in [0.1, 0.15) is 5.82 Å². The molecule has 0 aliphatic heterocycles. The van der Waals surface area contributed by atoms with Gasteiger partial charge in [0.05, 0.1) is 5.02 Å². The Kier molecular flexibility index (Phi) is 4.85. The number of rotatable bonds is 4. The van der Waals surface area contributed by atoms with E-state index < -0.39 is 0 Å². The zero-order valence-corrected chi connectivity index (χ0v) is 13.0. The first-order valence-electron chi connectivity index (χ1n) is 5.87. The highest BCUT2D eigenvalue weighted by Gasteiger charge is 2.18. The first kappa shape index (κ1) is 14.8. The van der Waals surface area contributed by atoms with Crippen LogP contribution in [0.25, 0.3) is 0 Å². The van der Waals surface area contributed by atoms with Gasteiger partial charge in [-0.3, -0.25) is 0 Å². The maximum Gasteiger partial charge on any atom is 0.127 e. The van der Waals surface area contributed by atoms with Crippen molar-refractivity contribution in [2.45, 2.75) is 19.4 Å². The summed E-state index contributed by atoms with van der Waals surface area (Å²) in [6, 6.07) is 4.76. The van der Waals surface area contributed by atoms with Crippen molar-refractivity contribution in [3.63, 3.8) is 0 Å². The molecule has 0 bridgehead atoms. The van der Waals surface area contributed by atoms with Gasteiger partial charge in [-0.25, -0.2) is 4.39 Å². The van der Waals surface area contributed by atoms with Crippen molar-refractivity contribution >= 4 is 34.5 Å². The van der Waals surface area contributed by atoms with Crippen LogP contribution in [0.4, 0.5) is 4.39 Å². The van der Waals surface area contributed by atoms with Gasteiger partial charge in [-0.05, 0) is 49.0 Å². The average Bonchev–Trinajstić information content (AvgIpc) is 2.70. The second-order valence-corrected chi connectivity index (χ2v) is 6.10. The molecule has 5 heteroatoms. The third kappa shape index (κ3) is 3.29. The van der Waals surface area contributed by atoms with Crippen LogP contribution in [0, 0.1) is 12.7 Å². The molecule has 1 aromatic heterocycles. The fourth-order valence-corrected chi connectivity index (χ4v) is 3.51. The molecule has 1 heterocycles. The van der Waals surface area contributed by atoms with Crippen LogP contribution in [0.2, 0.25) is 10.0 Å². The van der Waals surface area contributed by atoms with E-state index in [2.05, 4.69) is 5.32 Å². The Hall–Kier alpha value is -0.610. The van der Waals surface area contributed by atoms with E-state index >= 15 is 0 Å². The van der Waals surface area contributed by atoms with E-state index in [0.717, 1.165) is 15.5 Å². The molecule has 102 valence electrons. The van der Waals surface area contributed by atoms with Crippen LogP contribution < -0.4 is 5.32 Å². The van der Waals surface area contributed by atoms with Crippen molar-refractivity contribution in [3.8, 4) is 0 Å². The summed E-state index contributed by atoms with van der Waals surface area (Å²) in [7, 11) is 1.85. The quantitative estimate of drug-likeness (QED) is 0.836. The molecule has 1 atom stereocenters. The highest BCUT2D eigenvalue weighted by atomic mass is 35.5. The van der Waals surface area contributed by atoms with E-state index in [1.807, 2.05) is 19.4 Å². The first-order chi connectivity index (χ1) is 9.02. The van der Waals surface area contributed by atoms with Gasteiger partial charge in [0.25, 0.3) is 0 Å². The Morgan fingerprint density at radius 3 is 2.63 bits per heavy atom. The third-order valence-corrected chi connectivity index (χ3v) is 5.09. The lowest BCUT2D eigenvalue weighted by Crippen LogP contribution is -2.18. The predicted octanol–water partition coefficient (Wildman–Crippen LogP) is 5.01. The summed E-state index contributed by atoms with van der Waals surface area (Å²) in [5, 5.41) is 6.38. The molecular weight excluding hydrogens is 304 g/mol. The Balaban J connectivity index is 2.26. The van der Waals surface area contributed by atoms with Crippen LogP contribution in [0.1, 0.15) is 22.0 Å². The second kappa shape index (κ2) is 6.23. The SMILES string of the molecule is CNC(Cc1ccc(Cl)cc1F)c1scc(C)c1Cl. The van der Waals surface area contributed by atoms with Gasteiger partial charge in [0.2, 0.25) is 0 Å². The Bertz CT molecular complexity index is 583. The Morgan fingerprint density at radius 2 is 2.11 bits per heavy atom. The van der Waals surface area contributed by atoms with Gasteiger partial charge in [-0.1, -0.05) is 29.3 Å². The number of nitrogens with one attached hydrogen (secondary N) is 1. The third-order valence-electron chi connectivity index (χ3n) is 3.03. The van der Waals surface area contributed by atoms with Crippen LogP contribution in [-0.4, -0.2) is 7.05 Å². The number of aryl methyl sites for hydroxylation is 1. The predicted molar refractivity (Wildman–Crippen MR) is 81.0 cm³/mol. The van der Waals surface area contributed by atoms with E-state index in [4.69, 9.17) is 23.2 Å². The van der Waals surface area contributed by atoms with Crippen LogP contribution in [0.5, 0.6) is 0 Å². The largest absolute Gasteiger partial charge is 0.312 e. The summed E-state index contributed by atoms with van der Waals surface area (Å²) in [5.74, 6) is -0.280. The molecule has 19 heavy (non-hydrogen) atoms. The summed E-state index contributed by atoms with van der Waals surface area (Å²) < 4.78 is 13.8. The van der Waals surface area contributed by atoms with Gasteiger partial charge in [-0.15, -0.1) is 11.3 Å². The van der Waals surface area contributed by atoms with Crippen LogP contribution in [-0.2, 0) is 6.42 Å². The van der Waals surface area contributed by atoms with Gasteiger partial charge in [0.15, 0.2) is 0 Å². The molecule has 0 saturated heterocycles. The minimum absolute atomic E-state index is 0.00174. The zero-order valence-electron chi connectivity index (χ0n) is 10.6. The molecule has 0 aliphatic rings. The molecule has 2 rings (SSSR count). The summed E-state index contributed by atoms with van der Waals surface area (Å²) in [6.45, 7) is 1.97. The lowest BCUT2D eigenvalue weighted by atomic mass is 10.0. The maximum absolute atomic E-state index is 13.8. The van der Waals surface area contributed by atoms with Gasteiger partial charge in [0, 0.05) is 15.9 Å². The maximum atomic E-state index is 13.8. The molecule has 0 amide bonds. The topological polar surface area (TPSA) is 12.0 Å². The average molecular weight is 318 g/mol. The molecule has 0 radical (unpaired) electrons. The van der Waals surface area contributed by atoms with Crippen LogP contribution in [0.15, 0.2) is 23.6 Å². The summed E-state index contributed by atoms with van der Waals surface area (Å²) in [4.78, 5) is 1.04. The fraction of sp³-hybridized carbons (Fsp3) is 0.286. The van der Waals surface area contributed by atoms with Crippen molar-refractivity contribution in [3.05, 3.63) is 55.4 Å². The zero-order chi connectivity index (χ0) is 14.0. The highest BCUT2D eigenvalue weighted by Crippen LogP contribution is 2.34. The van der Waals surface area contributed by atoms with Crippen LogP contribution >= 0.6 is 34.5 Å². The normalized spacial score (nSPS) is 12.7. The number of hydrogen-bond acceptors (Lipinski definition) is 2. The number of hydrogen-bond donors (Lipinski definition) is 1. The molecule has 1 N–H and O–H groups in total. The summed E-state index contributed by atoms with van der Waals surface area (Å²) >= 11 is 13.6. The minimum atomic E-state index is -0.280. The van der Waals surface area contributed by atoms with Crippen molar-refractivity contribution in [2.24, 2.45) is 0 Å². The monoisotopic (exact) mass is 317 g/mol. The summed E-state index contributed by atoms with van der Waals surface area (Å²) in [5.41, 5.74) is 1.68. The molecule has 1 unspecified atom stereocenters. The molecule has 2 aromatic rings. The number of thiophene rings is 1. The number of halogens is 3. The van der Waals surface area contributed by atoms with Crippen molar-refractivity contribution in [2.75, 3.05) is 7.05 Å². The number of likely N-dealkylation sites (N-methyl/N-ethyl adjacent to an activating group) is 1. The van der Waals surface area contributed by atoms with Gasteiger partial charge in [-0.2, -0.15) is 0 Å². The molecule has 0 spiro atoms. The highest BCUT2D eigenvalue weighted by molar-refractivity contribution is 7.10. The Labute approximate surface area is 126 Å². The standard InChI is InChI=1S/C14H14Cl2FNS/c1-8-7-19-14(13(8)16)12(18-2)5-9-3-4-10(15)6-11(9)17/h3-4,6-7,12,18H,5H2,1-2H3. The minimum Gasteiger partial charge on any atom is -0.312 e. The molecule has 1 nitrogen and oxygen atoms in total. The van der Waals surface area contributed by atoms with E-state index in [0.29, 0.717) is 17.0 Å². The van der Waals surface area contributed by atoms with Crippen molar-refractivity contribution in [1.82, 2.24) is 5.32 Å². The number of benzene rings is 1. The van der Waals surface area contributed by atoms with E-state index in [1.165, 1.54) is 6.07 Å². The summed E-state index contributed by atoms with van der Waals surface area (Å²) in [6.07, 6.45) is 0.541. The second-order valence-electron chi connectivity index (χ2n) is 4.38. The lowest BCUT2D eigenvalue weighted by molar-refractivity contribution is 0.560. The lowest BCUT2D eigenvalue weighted by Gasteiger charge is -2.16. The van der Waals surface area contributed by atoms with E-state index in [9.17, 15) is 4.39 Å². The molecular formula is C14H14Cl2FNS. The molecule has 1 aromatic carbocycles. The first-order valence-corrected chi connectivity index (χ1v) is 7.51. The van der Waals surface area contributed by atoms with E-state index in [1.54, 1.807) is 23.5 Å². The smallest absolute Gasteiger partial charge is 0.127 e. The van der Waals surface area contributed by atoms with Crippen molar-refractivity contribution < 1.29 is 4.39 Å². The van der Waals surface area contributed by atoms with Crippen LogP contribution in [0.3, 0.4) is 0 Å². The fourth-order valence-electron chi connectivity index (χ4n) is 1.92. The van der Waals surface area contributed by atoms with Gasteiger partial charge < -0.3 is 5.32 Å². The Morgan fingerprint density at radius 1 is 1.37 bits per heavy atom. The van der Waals surface area contributed by atoms with E-state index in [-0.39, 0.29) is 11.9 Å². The molecule has 0 aliphatic carbocycles. The molecule has 0 saturated carbocycles. The molecule has 0 fully saturated rings. The van der Waals surface area contributed by atoms with Gasteiger partial charge >= 0.3 is 0 Å².